The SMILES string of the molecule is COCC(C)CC(N)c1cccc(C)c1C. The number of nitrogens with two attached hydrogens (primary N) is 1. The van der Waals surface area contributed by atoms with Crippen molar-refractivity contribution in [2.24, 2.45) is 11.7 Å². The van der Waals surface area contributed by atoms with Crippen molar-refractivity contribution in [3.05, 3.63) is 34.9 Å². The molecule has 2 heteroatoms. The van der Waals surface area contributed by atoms with Gasteiger partial charge in [-0.1, -0.05) is 25.1 Å². The summed E-state index contributed by atoms with van der Waals surface area (Å²) in [6, 6.07) is 6.46. The van der Waals surface area contributed by atoms with Gasteiger partial charge in [-0.2, -0.15) is 0 Å². The van der Waals surface area contributed by atoms with Gasteiger partial charge in [-0.25, -0.2) is 0 Å². The summed E-state index contributed by atoms with van der Waals surface area (Å²) in [6.45, 7) is 7.22. The van der Waals surface area contributed by atoms with E-state index in [0.29, 0.717) is 5.92 Å². The van der Waals surface area contributed by atoms with Crippen LogP contribution in [0, 0.1) is 19.8 Å². The van der Waals surface area contributed by atoms with Gasteiger partial charge in [0.2, 0.25) is 0 Å². The van der Waals surface area contributed by atoms with Gasteiger partial charge in [0.05, 0.1) is 0 Å². The van der Waals surface area contributed by atoms with Gasteiger partial charge in [0.1, 0.15) is 0 Å². The number of benzene rings is 1. The first-order valence-electron chi connectivity index (χ1n) is 5.87. The minimum atomic E-state index is 0.116. The van der Waals surface area contributed by atoms with Gasteiger partial charge >= 0.3 is 0 Å². The number of ether oxygens (including phenoxy) is 1. The minimum Gasteiger partial charge on any atom is -0.384 e. The van der Waals surface area contributed by atoms with Crippen molar-refractivity contribution in [2.75, 3.05) is 13.7 Å². The van der Waals surface area contributed by atoms with Crippen molar-refractivity contribution in [2.45, 2.75) is 33.2 Å². The molecule has 0 heterocycles. The van der Waals surface area contributed by atoms with Crippen molar-refractivity contribution in [1.29, 1.82) is 0 Å². The summed E-state index contributed by atoms with van der Waals surface area (Å²) in [5, 5.41) is 0. The van der Waals surface area contributed by atoms with E-state index in [9.17, 15) is 0 Å². The lowest BCUT2D eigenvalue weighted by Crippen LogP contribution is -2.17. The van der Waals surface area contributed by atoms with E-state index >= 15 is 0 Å². The van der Waals surface area contributed by atoms with Gasteiger partial charge in [0.15, 0.2) is 0 Å². The highest BCUT2D eigenvalue weighted by Crippen LogP contribution is 2.23. The summed E-state index contributed by atoms with van der Waals surface area (Å²) < 4.78 is 5.14. The maximum absolute atomic E-state index is 6.24. The molecule has 0 radical (unpaired) electrons. The van der Waals surface area contributed by atoms with Gasteiger partial charge in [-0.15, -0.1) is 0 Å². The second kappa shape index (κ2) is 6.02. The van der Waals surface area contributed by atoms with E-state index in [-0.39, 0.29) is 6.04 Å². The molecule has 0 bridgehead atoms. The fourth-order valence-corrected chi connectivity index (χ4v) is 2.09. The van der Waals surface area contributed by atoms with Crippen molar-refractivity contribution in [3.63, 3.8) is 0 Å². The van der Waals surface area contributed by atoms with Crippen molar-refractivity contribution < 1.29 is 4.74 Å². The number of aryl methyl sites for hydroxylation is 1. The fraction of sp³-hybridized carbons (Fsp3) is 0.571. The Morgan fingerprint density at radius 3 is 2.62 bits per heavy atom. The summed E-state index contributed by atoms with van der Waals surface area (Å²) in [5.74, 6) is 0.500. The number of methoxy groups -OCH3 is 1. The zero-order chi connectivity index (χ0) is 12.1. The smallest absolute Gasteiger partial charge is 0.0488 e. The number of hydrogen-bond donors (Lipinski definition) is 1. The first-order chi connectivity index (χ1) is 7.56. The number of rotatable bonds is 5. The molecule has 2 unspecified atom stereocenters. The van der Waals surface area contributed by atoms with Crippen molar-refractivity contribution in [3.8, 4) is 0 Å². The van der Waals surface area contributed by atoms with E-state index in [2.05, 4.69) is 39.0 Å². The van der Waals surface area contributed by atoms with Gasteiger partial charge < -0.3 is 10.5 Å². The van der Waals surface area contributed by atoms with Crippen LogP contribution in [0.2, 0.25) is 0 Å². The van der Waals surface area contributed by atoms with Crippen molar-refractivity contribution in [1.82, 2.24) is 0 Å². The van der Waals surface area contributed by atoms with Crippen LogP contribution < -0.4 is 5.73 Å². The van der Waals surface area contributed by atoms with Crippen LogP contribution in [0.4, 0.5) is 0 Å². The van der Waals surface area contributed by atoms with Gasteiger partial charge in [0.25, 0.3) is 0 Å². The average molecular weight is 221 g/mol. The Balaban J connectivity index is 2.72. The minimum absolute atomic E-state index is 0.116. The van der Waals surface area contributed by atoms with Gasteiger partial charge in [0, 0.05) is 19.8 Å². The Morgan fingerprint density at radius 2 is 2.00 bits per heavy atom. The molecule has 0 aliphatic heterocycles. The summed E-state index contributed by atoms with van der Waals surface area (Å²) in [5.41, 5.74) is 10.1. The highest BCUT2D eigenvalue weighted by molar-refractivity contribution is 5.35. The maximum Gasteiger partial charge on any atom is 0.0488 e. The van der Waals surface area contributed by atoms with Crippen LogP contribution >= 0.6 is 0 Å². The molecule has 2 nitrogen and oxygen atoms in total. The van der Waals surface area contributed by atoms with Crippen LogP contribution in [0.3, 0.4) is 0 Å². The largest absolute Gasteiger partial charge is 0.384 e. The highest BCUT2D eigenvalue weighted by atomic mass is 16.5. The van der Waals surface area contributed by atoms with Crippen LogP contribution in [-0.2, 0) is 4.74 Å². The number of hydrogen-bond acceptors (Lipinski definition) is 2. The third-order valence-corrected chi connectivity index (χ3v) is 3.15. The molecule has 1 aromatic carbocycles. The first kappa shape index (κ1) is 13.2. The molecule has 0 saturated heterocycles. The Kier molecular flexibility index (Phi) is 4.97. The molecule has 0 aromatic heterocycles. The molecule has 1 rings (SSSR count). The average Bonchev–Trinajstić information content (AvgIpc) is 2.22. The molecule has 0 amide bonds. The van der Waals surface area contributed by atoms with Crippen LogP contribution in [0.5, 0.6) is 0 Å². The quantitative estimate of drug-likeness (QED) is 0.829. The molecule has 1 aromatic rings. The van der Waals surface area contributed by atoms with E-state index in [1.165, 1.54) is 16.7 Å². The Hall–Kier alpha value is -0.860. The predicted octanol–water partition coefficient (Wildman–Crippen LogP) is 2.98. The Morgan fingerprint density at radius 1 is 1.31 bits per heavy atom. The van der Waals surface area contributed by atoms with Crippen LogP contribution in [-0.4, -0.2) is 13.7 Å². The van der Waals surface area contributed by atoms with Crippen LogP contribution in [0.15, 0.2) is 18.2 Å². The first-order valence-corrected chi connectivity index (χ1v) is 5.87. The van der Waals surface area contributed by atoms with Gasteiger partial charge in [-0.3, -0.25) is 0 Å². The predicted molar refractivity (Wildman–Crippen MR) is 68.5 cm³/mol. The van der Waals surface area contributed by atoms with Gasteiger partial charge in [-0.05, 0) is 42.9 Å². The lowest BCUT2D eigenvalue weighted by molar-refractivity contribution is 0.152. The second-order valence-electron chi connectivity index (χ2n) is 4.69. The van der Waals surface area contributed by atoms with Crippen molar-refractivity contribution >= 4 is 0 Å². The standard InChI is InChI=1S/C14H23NO/c1-10(9-16-4)8-14(15)13-7-5-6-11(2)12(13)3/h5-7,10,14H,8-9,15H2,1-4H3. The zero-order valence-electron chi connectivity index (χ0n) is 10.8. The highest BCUT2D eigenvalue weighted by Gasteiger charge is 2.13. The monoisotopic (exact) mass is 221 g/mol. The molecule has 0 fully saturated rings. The fourth-order valence-electron chi connectivity index (χ4n) is 2.09. The molecule has 90 valence electrons. The molecular weight excluding hydrogens is 198 g/mol. The maximum atomic E-state index is 6.24. The molecule has 2 atom stereocenters. The molecule has 0 aliphatic carbocycles. The zero-order valence-corrected chi connectivity index (χ0v) is 10.8. The summed E-state index contributed by atoms with van der Waals surface area (Å²) in [7, 11) is 1.74. The Bertz CT molecular complexity index is 336. The Labute approximate surface area is 98.8 Å². The third kappa shape index (κ3) is 3.32. The summed E-state index contributed by atoms with van der Waals surface area (Å²) in [6.07, 6.45) is 0.970. The van der Waals surface area contributed by atoms with E-state index < -0.39 is 0 Å². The molecular formula is C14H23NO. The third-order valence-electron chi connectivity index (χ3n) is 3.15. The molecule has 0 spiro atoms. The molecule has 2 N–H and O–H groups in total. The molecule has 0 saturated carbocycles. The van der Waals surface area contributed by atoms with E-state index in [1.54, 1.807) is 7.11 Å². The summed E-state index contributed by atoms with van der Waals surface area (Å²) in [4.78, 5) is 0. The lowest BCUT2D eigenvalue weighted by Gasteiger charge is -2.19. The summed E-state index contributed by atoms with van der Waals surface area (Å²) >= 11 is 0. The lowest BCUT2D eigenvalue weighted by atomic mass is 9.92. The van der Waals surface area contributed by atoms with Crippen LogP contribution in [0.1, 0.15) is 36.1 Å². The van der Waals surface area contributed by atoms with E-state index in [4.69, 9.17) is 10.5 Å². The topological polar surface area (TPSA) is 35.2 Å². The normalized spacial score (nSPS) is 14.8. The molecule has 16 heavy (non-hydrogen) atoms. The second-order valence-corrected chi connectivity index (χ2v) is 4.69. The van der Waals surface area contributed by atoms with E-state index in [0.717, 1.165) is 13.0 Å². The van der Waals surface area contributed by atoms with Crippen LogP contribution in [0.25, 0.3) is 0 Å². The molecule has 0 aliphatic rings. The van der Waals surface area contributed by atoms with E-state index in [1.807, 2.05) is 0 Å².